The van der Waals surface area contributed by atoms with E-state index in [1.54, 1.807) is 32.4 Å². The second-order valence-corrected chi connectivity index (χ2v) is 5.35. The molecule has 0 atom stereocenters. The minimum Gasteiger partial charge on any atom is -0.493 e. The Morgan fingerprint density at radius 3 is 2.28 bits per heavy atom. The van der Waals surface area contributed by atoms with Crippen LogP contribution in [0, 0.1) is 11.3 Å². The molecule has 126 valence electrons. The Kier molecular flexibility index (Phi) is 4.27. The summed E-state index contributed by atoms with van der Waals surface area (Å²) in [6, 6.07) is 12.9. The predicted molar refractivity (Wildman–Crippen MR) is 96.3 cm³/mol. The van der Waals surface area contributed by atoms with E-state index in [2.05, 4.69) is 16.0 Å². The van der Waals surface area contributed by atoms with Crippen LogP contribution < -0.4 is 20.1 Å². The lowest BCUT2D eigenvalue weighted by atomic mass is 10.1. The van der Waals surface area contributed by atoms with Crippen LogP contribution in [0.3, 0.4) is 0 Å². The van der Waals surface area contributed by atoms with Crippen LogP contribution >= 0.6 is 0 Å². The topological polar surface area (TPSA) is 97.3 Å². The Morgan fingerprint density at radius 2 is 1.68 bits per heavy atom. The summed E-state index contributed by atoms with van der Waals surface area (Å²) >= 11 is 0. The number of nitrogens with two attached hydrogens (primary N) is 1. The van der Waals surface area contributed by atoms with Gasteiger partial charge in [0.15, 0.2) is 11.5 Å². The molecule has 1 heterocycles. The summed E-state index contributed by atoms with van der Waals surface area (Å²) in [5.41, 5.74) is 8.00. The highest BCUT2D eigenvalue weighted by Crippen LogP contribution is 2.36. The van der Waals surface area contributed by atoms with Gasteiger partial charge < -0.3 is 20.1 Å². The minimum atomic E-state index is 0.162. The number of hydrogen-bond donors (Lipinski definition) is 1. The number of nitrogen functional groups attached to an aromatic ring is 1. The Balaban J connectivity index is 2.18. The van der Waals surface area contributed by atoms with Crippen LogP contribution in [-0.2, 0) is 0 Å². The van der Waals surface area contributed by atoms with Crippen molar-refractivity contribution in [3.8, 4) is 17.6 Å². The molecule has 0 radical (unpaired) electrons. The van der Waals surface area contributed by atoms with E-state index in [1.165, 1.54) is 0 Å². The van der Waals surface area contributed by atoms with Gasteiger partial charge in [-0.15, -0.1) is 0 Å². The van der Waals surface area contributed by atoms with Crippen molar-refractivity contribution < 1.29 is 9.47 Å². The lowest BCUT2D eigenvalue weighted by molar-refractivity contribution is 0.356. The predicted octanol–water partition coefficient (Wildman–Crippen LogP) is 2.87. The first-order chi connectivity index (χ1) is 12.1. The number of hydrogen-bond acceptors (Lipinski definition) is 7. The van der Waals surface area contributed by atoms with Crippen LogP contribution in [0.1, 0.15) is 5.56 Å². The molecule has 0 saturated heterocycles. The van der Waals surface area contributed by atoms with Crippen molar-refractivity contribution in [2.75, 3.05) is 31.9 Å². The molecule has 0 saturated carbocycles. The molecule has 0 aliphatic carbocycles. The summed E-state index contributed by atoms with van der Waals surface area (Å²) in [7, 11) is 5.02. The van der Waals surface area contributed by atoms with Gasteiger partial charge in [0.2, 0.25) is 5.95 Å². The van der Waals surface area contributed by atoms with Crippen LogP contribution in [0.4, 0.5) is 17.5 Å². The van der Waals surface area contributed by atoms with Crippen molar-refractivity contribution in [2.24, 2.45) is 0 Å². The highest BCUT2D eigenvalue weighted by molar-refractivity contribution is 5.94. The van der Waals surface area contributed by atoms with Crippen molar-refractivity contribution in [2.45, 2.75) is 0 Å². The fourth-order valence-corrected chi connectivity index (χ4v) is 2.59. The number of aromatic nitrogens is 2. The Bertz CT molecular complexity index is 964. The third-order valence-corrected chi connectivity index (χ3v) is 3.90. The number of fused-ring (bicyclic) bond motifs is 1. The van der Waals surface area contributed by atoms with E-state index >= 15 is 0 Å². The quantitative estimate of drug-likeness (QED) is 0.783. The first-order valence-corrected chi connectivity index (χ1v) is 7.50. The average Bonchev–Trinajstić information content (AvgIpc) is 2.65. The number of benzene rings is 2. The second kappa shape index (κ2) is 6.53. The summed E-state index contributed by atoms with van der Waals surface area (Å²) in [6.45, 7) is 0. The molecule has 2 aromatic carbocycles. The molecule has 3 rings (SSSR count). The van der Waals surface area contributed by atoms with E-state index in [-0.39, 0.29) is 5.95 Å². The molecule has 25 heavy (non-hydrogen) atoms. The molecule has 1 aromatic heterocycles. The lowest BCUT2D eigenvalue weighted by Crippen LogP contribution is -2.13. The van der Waals surface area contributed by atoms with E-state index in [0.29, 0.717) is 28.4 Å². The summed E-state index contributed by atoms with van der Waals surface area (Å²) in [5.74, 6) is 1.95. The smallest absolute Gasteiger partial charge is 0.222 e. The zero-order valence-electron chi connectivity index (χ0n) is 14.1. The fourth-order valence-electron chi connectivity index (χ4n) is 2.59. The normalized spacial score (nSPS) is 10.3. The summed E-state index contributed by atoms with van der Waals surface area (Å²) in [4.78, 5) is 10.5. The number of ether oxygens (including phenoxy) is 2. The minimum absolute atomic E-state index is 0.162. The van der Waals surface area contributed by atoms with Crippen LogP contribution in [0.5, 0.6) is 11.5 Å². The van der Waals surface area contributed by atoms with Gasteiger partial charge in [0, 0.05) is 24.2 Å². The molecule has 2 N–H and O–H groups in total. The van der Waals surface area contributed by atoms with Gasteiger partial charge >= 0.3 is 0 Å². The van der Waals surface area contributed by atoms with Crippen molar-refractivity contribution in [1.82, 2.24) is 9.97 Å². The van der Waals surface area contributed by atoms with Gasteiger partial charge in [-0.2, -0.15) is 10.2 Å². The van der Waals surface area contributed by atoms with Gasteiger partial charge in [0.1, 0.15) is 5.82 Å². The number of methoxy groups -OCH3 is 2. The number of nitrogens with zero attached hydrogens (tertiary/aromatic N) is 4. The maximum absolute atomic E-state index is 8.94. The zero-order chi connectivity index (χ0) is 18.0. The molecule has 0 fully saturated rings. The average molecular weight is 335 g/mol. The molecule has 0 aliphatic heterocycles. The number of rotatable bonds is 4. The second-order valence-electron chi connectivity index (χ2n) is 5.35. The van der Waals surface area contributed by atoms with Gasteiger partial charge in [-0.3, -0.25) is 0 Å². The van der Waals surface area contributed by atoms with Gasteiger partial charge in [-0.1, -0.05) is 0 Å². The van der Waals surface area contributed by atoms with Gasteiger partial charge in [-0.05, 0) is 30.3 Å². The molecule has 0 bridgehead atoms. The van der Waals surface area contributed by atoms with Crippen molar-refractivity contribution in [1.29, 1.82) is 5.26 Å². The van der Waals surface area contributed by atoms with Gasteiger partial charge in [0.25, 0.3) is 0 Å². The third kappa shape index (κ3) is 2.97. The summed E-state index contributed by atoms with van der Waals surface area (Å²) in [6.07, 6.45) is 0. The highest BCUT2D eigenvalue weighted by atomic mass is 16.5. The van der Waals surface area contributed by atoms with E-state index in [9.17, 15) is 0 Å². The summed E-state index contributed by atoms with van der Waals surface area (Å²) in [5, 5.41) is 9.72. The van der Waals surface area contributed by atoms with Crippen LogP contribution in [0.2, 0.25) is 0 Å². The Labute approximate surface area is 145 Å². The Hall–Kier alpha value is -3.53. The van der Waals surface area contributed by atoms with Crippen LogP contribution in [0.25, 0.3) is 10.9 Å². The molecule has 0 amide bonds. The maximum atomic E-state index is 8.94. The molecule has 7 heteroatoms. The fraction of sp³-hybridized carbons (Fsp3) is 0.167. The first-order valence-electron chi connectivity index (χ1n) is 7.50. The third-order valence-electron chi connectivity index (χ3n) is 3.90. The van der Waals surface area contributed by atoms with Crippen LogP contribution in [0.15, 0.2) is 36.4 Å². The van der Waals surface area contributed by atoms with E-state index < -0.39 is 0 Å². The van der Waals surface area contributed by atoms with Gasteiger partial charge in [0.05, 0.1) is 31.4 Å². The first kappa shape index (κ1) is 16.3. The molecule has 7 nitrogen and oxygen atoms in total. The molecule has 0 spiro atoms. The Morgan fingerprint density at radius 1 is 1.04 bits per heavy atom. The van der Waals surface area contributed by atoms with E-state index in [4.69, 9.17) is 20.5 Å². The highest BCUT2D eigenvalue weighted by Gasteiger charge is 2.16. The molecule has 0 aliphatic rings. The SMILES string of the molecule is COc1cc2nc(N)nc(N(C)c3ccc(C#N)cc3)c2cc1OC. The molecular weight excluding hydrogens is 318 g/mol. The van der Waals surface area contributed by atoms with Crippen molar-refractivity contribution >= 4 is 28.4 Å². The van der Waals surface area contributed by atoms with E-state index in [1.807, 2.05) is 30.1 Å². The van der Waals surface area contributed by atoms with Crippen molar-refractivity contribution in [3.63, 3.8) is 0 Å². The lowest BCUT2D eigenvalue weighted by Gasteiger charge is -2.21. The van der Waals surface area contributed by atoms with E-state index in [0.717, 1.165) is 11.1 Å². The largest absolute Gasteiger partial charge is 0.493 e. The van der Waals surface area contributed by atoms with Crippen LogP contribution in [-0.4, -0.2) is 31.2 Å². The summed E-state index contributed by atoms with van der Waals surface area (Å²) < 4.78 is 10.7. The number of anilines is 3. The maximum Gasteiger partial charge on any atom is 0.222 e. The number of nitriles is 1. The zero-order valence-corrected chi connectivity index (χ0v) is 14.1. The van der Waals surface area contributed by atoms with Gasteiger partial charge in [-0.25, -0.2) is 4.98 Å². The molecule has 0 unspecified atom stereocenters. The molecule has 3 aromatic rings. The monoisotopic (exact) mass is 335 g/mol. The molecular formula is C18H17N5O2. The van der Waals surface area contributed by atoms with Crippen molar-refractivity contribution in [3.05, 3.63) is 42.0 Å². The standard InChI is InChI=1S/C18H17N5O2/c1-23(12-6-4-11(10-19)5-7-12)17-13-8-15(24-2)16(25-3)9-14(13)21-18(20)22-17/h4-9H,1-3H3,(H2,20,21,22).